The minimum absolute atomic E-state index is 0.307. The van der Waals surface area contributed by atoms with Crippen molar-refractivity contribution in [3.05, 3.63) is 35.9 Å². The summed E-state index contributed by atoms with van der Waals surface area (Å²) in [7, 11) is 0. The molecule has 0 aliphatic rings. The molecular weight excluding hydrogens is 334 g/mol. The number of nitrogens with one attached hydrogen (secondary N) is 2. The third-order valence-corrected chi connectivity index (χ3v) is 2.96. The Balaban J connectivity index is 2.78. The number of hydrogen-bond acceptors (Lipinski definition) is 2. The average molecular weight is 344 g/mol. The van der Waals surface area contributed by atoms with Gasteiger partial charge in [-0.1, -0.05) is 53.0 Å². The maximum Gasteiger partial charge on any atom is 0.252 e. The summed E-state index contributed by atoms with van der Waals surface area (Å²) in [6.07, 6.45) is -1.18. The number of alkyl halides is 4. The third-order valence-electron chi connectivity index (χ3n) is 2.07. The first kappa shape index (κ1) is 16.4. The van der Waals surface area contributed by atoms with Gasteiger partial charge in [-0.2, -0.15) is 0 Å². The highest BCUT2D eigenvalue weighted by Crippen LogP contribution is 2.29. The molecule has 1 aromatic rings. The maximum atomic E-state index is 11.9. The molecule has 104 valence electrons. The fourth-order valence-corrected chi connectivity index (χ4v) is 1.61. The Hall–Kier alpha value is -0.680. The van der Waals surface area contributed by atoms with Gasteiger partial charge in [-0.25, -0.2) is 0 Å². The van der Waals surface area contributed by atoms with Gasteiger partial charge in [0.2, 0.25) is 9.70 Å². The molecule has 0 spiro atoms. The fraction of sp³-hybridized carbons (Fsp3) is 0.273. The highest BCUT2D eigenvalue weighted by Gasteiger charge is 2.35. The molecule has 1 rings (SSSR count). The lowest BCUT2D eigenvalue weighted by atomic mass is 10.2. The summed E-state index contributed by atoms with van der Waals surface area (Å²) in [6.45, 7) is 0. The van der Waals surface area contributed by atoms with E-state index in [4.69, 9.17) is 46.4 Å². The van der Waals surface area contributed by atoms with E-state index in [1.54, 1.807) is 30.3 Å². The van der Waals surface area contributed by atoms with Crippen LogP contribution in [0.4, 0.5) is 0 Å². The van der Waals surface area contributed by atoms with Crippen molar-refractivity contribution < 1.29 is 9.59 Å². The second-order valence-electron chi connectivity index (χ2n) is 3.52. The number of hydrogen-bond donors (Lipinski definition) is 2. The smallest absolute Gasteiger partial charge is 0.252 e. The van der Waals surface area contributed by atoms with Crippen molar-refractivity contribution in [2.45, 2.75) is 9.96 Å². The normalized spacial score (nSPS) is 12.6. The quantitative estimate of drug-likeness (QED) is 0.651. The van der Waals surface area contributed by atoms with Crippen molar-refractivity contribution in [3.8, 4) is 0 Å². The lowest BCUT2D eigenvalue weighted by Gasteiger charge is -2.26. The van der Waals surface area contributed by atoms with Crippen molar-refractivity contribution in [1.82, 2.24) is 10.6 Å². The van der Waals surface area contributed by atoms with Crippen LogP contribution >= 0.6 is 46.4 Å². The Morgan fingerprint density at radius 3 is 2.16 bits per heavy atom. The molecule has 0 aliphatic heterocycles. The second-order valence-corrected chi connectivity index (χ2v) is 6.15. The van der Waals surface area contributed by atoms with Gasteiger partial charge < -0.3 is 10.6 Å². The molecule has 0 aromatic heterocycles. The van der Waals surface area contributed by atoms with Gasteiger partial charge in [0, 0.05) is 5.56 Å². The summed E-state index contributed by atoms with van der Waals surface area (Å²) in [5, 5.41) is 4.72. The zero-order valence-electron chi connectivity index (χ0n) is 9.50. The van der Waals surface area contributed by atoms with E-state index >= 15 is 0 Å². The van der Waals surface area contributed by atoms with Crippen molar-refractivity contribution in [2.75, 3.05) is 5.88 Å². The number of carbonyl (C=O) groups is 2. The standard InChI is InChI=1S/C11H10Cl4N2O2/c12-6-8(18)16-10(11(13,14)15)17-9(19)7-4-2-1-3-5-7/h1-5,10H,6H2,(H,16,18)(H,17,19). The molecular formula is C11H10Cl4N2O2. The van der Waals surface area contributed by atoms with E-state index in [0.29, 0.717) is 5.56 Å². The number of halogens is 4. The molecule has 4 nitrogen and oxygen atoms in total. The van der Waals surface area contributed by atoms with Gasteiger partial charge in [0.05, 0.1) is 0 Å². The average Bonchev–Trinajstić information content (AvgIpc) is 2.37. The molecule has 0 fully saturated rings. The molecule has 19 heavy (non-hydrogen) atoms. The van der Waals surface area contributed by atoms with Gasteiger partial charge in [-0.3, -0.25) is 9.59 Å². The molecule has 0 bridgehead atoms. The molecule has 1 aromatic carbocycles. The van der Waals surface area contributed by atoms with Crippen LogP contribution in [-0.2, 0) is 4.79 Å². The SMILES string of the molecule is O=C(CCl)NC(NC(=O)c1ccccc1)C(Cl)(Cl)Cl. The first-order chi connectivity index (χ1) is 8.84. The van der Waals surface area contributed by atoms with E-state index in [0.717, 1.165) is 0 Å². The summed E-state index contributed by atoms with van der Waals surface area (Å²) >= 11 is 22.4. The van der Waals surface area contributed by atoms with Crippen molar-refractivity contribution >= 4 is 58.2 Å². The van der Waals surface area contributed by atoms with Gasteiger partial charge >= 0.3 is 0 Å². The number of rotatable bonds is 4. The Morgan fingerprint density at radius 2 is 1.68 bits per heavy atom. The summed E-state index contributed by atoms with van der Waals surface area (Å²) in [6, 6.07) is 8.33. The number of benzene rings is 1. The lowest BCUT2D eigenvalue weighted by Crippen LogP contribution is -2.55. The molecule has 0 saturated carbocycles. The molecule has 8 heteroatoms. The largest absolute Gasteiger partial charge is 0.331 e. The van der Waals surface area contributed by atoms with Crippen LogP contribution in [0.2, 0.25) is 0 Å². The first-order valence-corrected chi connectivity index (χ1v) is 6.79. The molecule has 1 atom stereocenters. The van der Waals surface area contributed by atoms with E-state index in [1.807, 2.05) is 0 Å². The summed E-state index contributed by atoms with van der Waals surface area (Å²) in [5.41, 5.74) is 0.377. The van der Waals surface area contributed by atoms with Crippen molar-refractivity contribution in [3.63, 3.8) is 0 Å². The highest BCUT2D eigenvalue weighted by atomic mass is 35.6. The minimum atomic E-state index is -1.90. The maximum absolute atomic E-state index is 11.9. The molecule has 0 radical (unpaired) electrons. The number of amides is 2. The monoisotopic (exact) mass is 342 g/mol. The summed E-state index contributed by atoms with van der Waals surface area (Å²) < 4.78 is -1.90. The highest BCUT2D eigenvalue weighted by molar-refractivity contribution is 6.68. The zero-order chi connectivity index (χ0) is 14.5. The summed E-state index contributed by atoms with van der Waals surface area (Å²) in [5.74, 6) is -1.35. The van der Waals surface area contributed by atoms with E-state index in [9.17, 15) is 9.59 Å². The zero-order valence-corrected chi connectivity index (χ0v) is 12.5. The van der Waals surface area contributed by atoms with Gasteiger partial charge in [0.15, 0.2) is 0 Å². The van der Waals surface area contributed by atoms with Crippen LogP contribution in [0.3, 0.4) is 0 Å². The Bertz CT molecular complexity index is 448. The molecule has 0 saturated heterocycles. The van der Waals surface area contributed by atoms with Crippen LogP contribution < -0.4 is 10.6 Å². The van der Waals surface area contributed by atoms with E-state index in [2.05, 4.69) is 10.6 Å². The first-order valence-electron chi connectivity index (χ1n) is 5.12. The predicted molar refractivity (Wildman–Crippen MR) is 76.8 cm³/mol. The molecule has 1 unspecified atom stereocenters. The van der Waals surface area contributed by atoms with Crippen molar-refractivity contribution in [2.24, 2.45) is 0 Å². The van der Waals surface area contributed by atoms with Crippen LogP contribution in [0.15, 0.2) is 30.3 Å². The Morgan fingerprint density at radius 1 is 1.11 bits per heavy atom. The third kappa shape index (κ3) is 5.45. The predicted octanol–water partition coefficient (Wildman–Crippen LogP) is 2.47. The van der Waals surface area contributed by atoms with Crippen LogP contribution in [0, 0.1) is 0 Å². The second kappa shape index (κ2) is 7.20. The lowest BCUT2D eigenvalue weighted by molar-refractivity contribution is -0.119. The molecule has 0 aliphatic carbocycles. The van der Waals surface area contributed by atoms with Gasteiger partial charge in [0.25, 0.3) is 5.91 Å². The Labute approximate surface area is 130 Å². The van der Waals surface area contributed by atoms with Gasteiger partial charge in [-0.15, -0.1) is 11.6 Å². The minimum Gasteiger partial charge on any atom is -0.331 e. The summed E-state index contributed by atoms with van der Waals surface area (Å²) in [4.78, 5) is 23.1. The van der Waals surface area contributed by atoms with Gasteiger partial charge in [0.1, 0.15) is 12.0 Å². The van der Waals surface area contributed by atoms with Crippen LogP contribution in [-0.4, -0.2) is 27.7 Å². The Kier molecular flexibility index (Phi) is 6.20. The van der Waals surface area contributed by atoms with Crippen molar-refractivity contribution in [1.29, 1.82) is 0 Å². The topological polar surface area (TPSA) is 58.2 Å². The fourth-order valence-electron chi connectivity index (χ4n) is 1.20. The molecule has 0 heterocycles. The van der Waals surface area contributed by atoms with Crippen LogP contribution in [0.5, 0.6) is 0 Å². The van der Waals surface area contributed by atoms with E-state index < -0.39 is 21.8 Å². The van der Waals surface area contributed by atoms with Gasteiger partial charge in [-0.05, 0) is 12.1 Å². The van der Waals surface area contributed by atoms with E-state index in [-0.39, 0.29) is 5.88 Å². The number of carbonyl (C=O) groups excluding carboxylic acids is 2. The molecule has 2 amide bonds. The van der Waals surface area contributed by atoms with Crippen LogP contribution in [0.1, 0.15) is 10.4 Å². The van der Waals surface area contributed by atoms with Crippen LogP contribution in [0.25, 0.3) is 0 Å². The molecule has 2 N–H and O–H groups in total. The van der Waals surface area contributed by atoms with E-state index in [1.165, 1.54) is 0 Å².